The smallest absolute Gasteiger partial charge is 0.272 e. The van der Waals surface area contributed by atoms with Gasteiger partial charge in [0.25, 0.3) is 6.43 Å². The minimum atomic E-state index is -2.50. The monoisotopic (exact) mass is 391 g/mol. The number of aliphatic hydroxyl groups excluding tert-OH is 1. The number of benzene rings is 2. The Bertz CT molecular complexity index is 727. The summed E-state index contributed by atoms with van der Waals surface area (Å²) in [5.41, 5.74) is 1.74. The molecule has 0 spiro atoms. The fourth-order valence-corrected chi connectivity index (χ4v) is 2.57. The predicted molar refractivity (Wildman–Crippen MR) is 107 cm³/mol. The Morgan fingerprint density at radius 2 is 1.89 bits per heavy atom. The fourth-order valence-electron chi connectivity index (χ4n) is 2.57. The Balaban J connectivity index is 1.87. The van der Waals surface area contributed by atoms with Crippen LogP contribution in [0.25, 0.3) is 0 Å². The van der Waals surface area contributed by atoms with Crippen molar-refractivity contribution >= 4 is 5.96 Å². The molecule has 0 aliphatic heterocycles. The molecule has 0 aliphatic carbocycles. The van der Waals surface area contributed by atoms with E-state index in [0.717, 1.165) is 11.1 Å². The zero-order chi connectivity index (χ0) is 20.2. The van der Waals surface area contributed by atoms with Crippen molar-refractivity contribution in [1.29, 1.82) is 0 Å². The van der Waals surface area contributed by atoms with E-state index in [1.807, 2.05) is 43.3 Å². The first-order valence-corrected chi connectivity index (χ1v) is 9.33. The third-order valence-electron chi connectivity index (χ3n) is 3.93. The van der Waals surface area contributed by atoms with E-state index in [-0.39, 0.29) is 0 Å². The number of nitrogens with one attached hydrogen (secondary N) is 2. The van der Waals surface area contributed by atoms with E-state index in [4.69, 9.17) is 4.74 Å². The van der Waals surface area contributed by atoms with Crippen LogP contribution in [0, 0.1) is 0 Å². The number of hydrogen-bond donors (Lipinski definition) is 3. The molecule has 7 heteroatoms. The minimum absolute atomic E-state index is 0.377. The van der Waals surface area contributed by atoms with Crippen molar-refractivity contribution in [2.45, 2.75) is 32.4 Å². The summed E-state index contributed by atoms with van der Waals surface area (Å²) in [6.07, 6.45) is -2.50. The SMILES string of the molecule is CCNC(=NCc1cccc(OCC(F)F)c1)NCCC(O)c1ccccc1. The summed E-state index contributed by atoms with van der Waals surface area (Å²) in [7, 11) is 0. The highest BCUT2D eigenvalue weighted by Gasteiger charge is 2.07. The summed E-state index contributed by atoms with van der Waals surface area (Å²) in [5.74, 6) is 1.03. The third-order valence-corrected chi connectivity index (χ3v) is 3.93. The molecule has 0 heterocycles. The molecule has 2 aromatic carbocycles. The summed E-state index contributed by atoms with van der Waals surface area (Å²) in [6.45, 7) is 2.97. The molecule has 0 amide bonds. The number of rotatable bonds is 10. The summed E-state index contributed by atoms with van der Waals surface area (Å²) in [4.78, 5) is 4.50. The standard InChI is InChI=1S/C21H27F2N3O2/c1-2-24-21(25-12-11-19(27)17-8-4-3-5-9-17)26-14-16-7-6-10-18(13-16)28-15-20(22)23/h3-10,13,19-20,27H,2,11-12,14-15H2,1H3,(H2,24,25,26). The fraction of sp³-hybridized carbons (Fsp3) is 0.381. The van der Waals surface area contributed by atoms with E-state index in [0.29, 0.717) is 37.8 Å². The van der Waals surface area contributed by atoms with E-state index < -0.39 is 19.1 Å². The molecule has 0 radical (unpaired) electrons. The number of aliphatic imine (C=N–C) groups is 1. The van der Waals surface area contributed by atoms with Gasteiger partial charge in [0.1, 0.15) is 12.4 Å². The largest absolute Gasteiger partial charge is 0.488 e. The molecule has 0 aromatic heterocycles. The number of aliphatic hydroxyl groups is 1. The lowest BCUT2D eigenvalue weighted by molar-refractivity contribution is 0.0818. The van der Waals surface area contributed by atoms with E-state index in [2.05, 4.69) is 15.6 Å². The van der Waals surface area contributed by atoms with Crippen molar-refractivity contribution < 1.29 is 18.6 Å². The van der Waals surface area contributed by atoms with Crippen LogP contribution in [0.1, 0.15) is 30.6 Å². The van der Waals surface area contributed by atoms with E-state index >= 15 is 0 Å². The van der Waals surface area contributed by atoms with Gasteiger partial charge in [-0.15, -0.1) is 0 Å². The Morgan fingerprint density at radius 1 is 1.11 bits per heavy atom. The van der Waals surface area contributed by atoms with Gasteiger partial charge in [0.2, 0.25) is 0 Å². The Morgan fingerprint density at radius 3 is 2.61 bits per heavy atom. The lowest BCUT2D eigenvalue weighted by Crippen LogP contribution is -2.38. The second-order valence-electron chi connectivity index (χ2n) is 6.19. The highest BCUT2D eigenvalue weighted by Crippen LogP contribution is 2.16. The van der Waals surface area contributed by atoms with Crippen molar-refractivity contribution in [1.82, 2.24) is 10.6 Å². The average molecular weight is 391 g/mol. The van der Waals surface area contributed by atoms with Crippen molar-refractivity contribution in [3.05, 3.63) is 65.7 Å². The van der Waals surface area contributed by atoms with E-state index in [9.17, 15) is 13.9 Å². The topological polar surface area (TPSA) is 65.9 Å². The van der Waals surface area contributed by atoms with Crippen LogP contribution in [0.5, 0.6) is 5.75 Å². The molecule has 0 saturated carbocycles. The van der Waals surface area contributed by atoms with Gasteiger partial charge >= 0.3 is 0 Å². The second kappa shape index (κ2) is 11.9. The van der Waals surface area contributed by atoms with Crippen LogP contribution in [0.3, 0.4) is 0 Å². The van der Waals surface area contributed by atoms with Crippen LogP contribution < -0.4 is 15.4 Å². The van der Waals surface area contributed by atoms with Crippen LogP contribution in [0.4, 0.5) is 8.78 Å². The summed E-state index contributed by atoms with van der Waals surface area (Å²) < 4.78 is 29.6. The molecule has 0 saturated heterocycles. The molecule has 2 rings (SSSR count). The first-order chi connectivity index (χ1) is 13.6. The van der Waals surface area contributed by atoms with E-state index in [1.165, 1.54) is 0 Å². The normalized spacial score (nSPS) is 12.7. The summed E-state index contributed by atoms with van der Waals surface area (Å²) >= 11 is 0. The maximum Gasteiger partial charge on any atom is 0.272 e. The van der Waals surface area contributed by atoms with Gasteiger partial charge in [-0.3, -0.25) is 0 Å². The zero-order valence-corrected chi connectivity index (χ0v) is 15.9. The van der Waals surface area contributed by atoms with Crippen molar-refractivity contribution in [3.8, 4) is 5.75 Å². The zero-order valence-electron chi connectivity index (χ0n) is 15.9. The van der Waals surface area contributed by atoms with Gasteiger partial charge in [0.05, 0.1) is 12.6 Å². The number of halogens is 2. The van der Waals surface area contributed by atoms with Gasteiger partial charge < -0.3 is 20.5 Å². The van der Waals surface area contributed by atoms with Crippen molar-refractivity contribution in [3.63, 3.8) is 0 Å². The molecular formula is C21H27F2N3O2. The number of hydrogen-bond acceptors (Lipinski definition) is 3. The maximum absolute atomic E-state index is 12.3. The number of nitrogens with zero attached hydrogens (tertiary/aromatic N) is 1. The minimum Gasteiger partial charge on any atom is -0.488 e. The van der Waals surface area contributed by atoms with Gasteiger partial charge in [-0.1, -0.05) is 42.5 Å². The van der Waals surface area contributed by atoms with Crippen LogP contribution in [-0.4, -0.2) is 37.2 Å². The first-order valence-electron chi connectivity index (χ1n) is 9.33. The molecule has 1 unspecified atom stereocenters. The van der Waals surface area contributed by atoms with Gasteiger partial charge in [0.15, 0.2) is 5.96 Å². The maximum atomic E-state index is 12.3. The molecular weight excluding hydrogens is 364 g/mol. The van der Waals surface area contributed by atoms with Crippen LogP contribution >= 0.6 is 0 Å². The third kappa shape index (κ3) is 7.92. The molecule has 3 N–H and O–H groups in total. The molecule has 0 bridgehead atoms. The average Bonchev–Trinajstić information content (AvgIpc) is 2.71. The summed E-state index contributed by atoms with van der Waals surface area (Å²) in [6, 6.07) is 16.5. The molecule has 152 valence electrons. The number of alkyl halides is 2. The van der Waals surface area contributed by atoms with Crippen LogP contribution in [0.15, 0.2) is 59.6 Å². The molecule has 1 atom stereocenters. The van der Waals surface area contributed by atoms with Crippen molar-refractivity contribution in [2.24, 2.45) is 4.99 Å². The van der Waals surface area contributed by atoms with Crippen LogP contribution in [-0.2, 0) is 6.54 Å². The lowest BCUT2D eigenvalue weighted by atomic mass is 10.1. The Hall–Kier alpha value is -2.67. The highest BCUT2D eigenvalue weighted by atomic mass is 19.3. The predicted octanol–water partition coefficient (Wildman–Crippen LogP) is 3.51. The van der Waals surface area contributed by atoms with Gasteiger partial charge in [-0.25, -0.2) is 13.8 Å². The Labute approximate surface area is 164 Å². The molecule has 0 aliphatic rings. The highest BCUT2D eigenvalue weighted by molar-refractivity contribution is 5.79. The first kappa shape index (κ1) is 21.6. The van der Waals surface area contributed by atoms with Gasteiger partial charge in [-0.05, 0) is 36.6 Å². The second-order valence-corrected chi connectivity index (χ2v) is 6.19. The van der Waals surface area contributed by atoms with Gasteiger partial charge in [0, 0.05) is 13.1 Å². The molecule has 28 heavy (non-hydrogen) atoms. The molecule has 2 aromatic rings. The quantitative estimate of drug-likeness (QED) is 0.428. The van der Waals surface area contributed by atoms with Crippen molar-refractivity contribution in [2.75, 3.05) is 19.7 Å². The Kier molecular flexibility index (Phi) is 9.21. The lowest BCUT2D eigenvalue weighted by Gasteiger charge is -2.14. The number of ether oxygens (including phenoxy) is 1. The summed E-state index contributed by atoms with van der Waals surface area (Å²) in [5, 5.41) is 16.6. The van der Waals surface area contributed by atoms with E-state index in [1.54, 1.807) is 18.2 Å². The number of guanidine groups is 1. The van der Waals surface area contributed by atoms with Gasteiger partial charge in [-0.2, -0.15) is 0 Å². The van der Waals surface area contributed by atoms with Crippen LogP contribution in [0.2, 0.25) is 0 Å². The molecule has 5 nitrogen and oxygen atoms in total. The molecule has 0 fully saturated rings.